The summed E-state index contributed by atoms with van der Waals surface area (Å²) in [5.74, 6) is -0.202. The molecule has 3 heterocycles. The van der Waals surface area contributed by atoms with Crippen LogP contribution in [0.15, 0.2) is 36.4 Å². The van der Waals surface area contributed by atoms with Crippen LogP contribution < -0.4 is 0 Å². The standard InChI is InChI=1S/C17H14F3N3OS/c18-17(19,20)14-12-10-13(15(24)22-8-4-5-9-22)25-16(12)23(21-14)11-6-2-1-3-7-11/h1-3,6-7,10H,4-5,8-9H2. The van der Waals surface area contributed by atoms with Gasteiger partial charge in [0.25, 0.3) is 5.91 Å². The van der Waals surface area contributed by atoms with E-state index >= 15 is 0 Å². The summed E-state index contributed by atoms with van der Waals surface area (Å²) < 4.78 is 41.4. The smallest absolute Gasteiger partial charge is 0.338 e. The predicted octanol–water partition coefficient (Wildman–Crippen LogP) is 4.34. The van der Waals surface area contributed by atoms with Crippen LogP contribution in [0.2, 0.25) is 0 Å². The van der Waals surface area contributed by atoms with Crippen molar-refractivity contribution in [3.8, 4) is 5.69 Å². The Morgan fingerprint density at radius 3 is 2.44 bits per heavy atom. The SMILES string of the molecule is O=C(c1cc2c(C(F)(F)F)nn(-c3ccccc3)c2s1)N1CCCC1. The van der Waals surface area contributed by atoms with Crippen molar-refractivity contribution in [3.05, 3.63) is 47.0 Å². The molecule has 8 heteroatoms. The van der Waals surface area contributed by atoms with Gasteiger partial charge >= 0.3 is 6.18 Å². The molecule has 1 aromatic carbocycles. The third kappa shape index (κ3) is 2.80. The minimum Gasteiger partial charge on any atom is -0.338 e. The number of thiophene rings is 1. The van der Waals surface area contributed by atoms with Gasteiger partial charge in [0, 0.05) is 18.5 Å². The molecule has 25 heavy (non-hydrogen) atoms. The van der Waals surface area contributed by atoms with E-state index in [4.69, 9.17) is 0 Å². The number of hydrogen-bond donors (Lipinski definition) is 0. The minimum absolute atomic E-state index is 0.0242. The topological polar surface area (TPSA) is 38.1 Å². The Bertz CT molecular complexity index is 924. The summed E-state index contributed by atoms with van der Waals surface area (Å²) in [6, 6.07) is 9.96. The van der Waals surface area contributed by atoms with Crippen LogP contribution in [-0.4, -0.2) is 33.7 Å². The lowest BCUT2D eigenvalue weighted by Gasteiger charge is -2.13. The second-order valence-electron chi connectivity index (χ2n) is 5.92. The molecule has 1 amide bonds. The number of aromatic nitrogens is 2. The maximum absolute atomic E-state index is 13.4. The molecule has 0 unspecified atom stereocenters. The first-order chi connectivity index (χ1) is 11.9. The molecule has 0 saturated carbocycles. The largest absolute Gasteiger partial charge is 0.435 e. The van der Waals surface area contributed by atoms with Crippen LogP contribution in [0.5, 0.6) is 0 Å². The lowest BCUT2D eigenvalue weighted by molar-refractivity contribution is -0.140. The number of benzene rings is 1. The van der Waals surface area contributed by atoms with Gasteiger partial charge in [-0.15, -0.1) is 11.3 Å². The van der Waals surface area contributed by atoms with E-state index < -0.39 is 11.9 Å². The number of carbonyl (C=O) groups is 1. The van der Waals surface area contributed by atoms with Crippen LogP contribution in [0.3, 0.4) is 0 Å². The normalized spacial score (nSPS) is 15.2. The fourth-order valence-electron chi connectivity index (χ4n) is 3.04. The zero-order valence-corrected chi connectivity index (χ0v) is 13.9. The lowest BCUT2D eigenvalue weighted by Crippen LogP contribution is -2.26. The summed E-state index contributed by atoms with van der Waals surface area (Å²) >= 11 is 1.06. The van der Waals surface area contributed by atoms with Crippen LogP contribution in [0.1, 0.15) is 28.2 Å². The summed E-state index contributed by atoms with van der Waals surface area (Å²) in [6.07, 6.45) is -2.71. The number of amides is 1. The highest BCUT2D eigenvalue weighted by molar-refractivity contribution is 7.20. The Morgan fingerprint density at radius 1 is 1.12 bits per heavy atom. The fourth-order valence-corrected chi connectivity index (χ4v) is 4.14. The fraction of sp³-hybridized carbons (Fsp3) is 0.294. The average Bonchev–Trinajstić information content (AvgIpc) is 3.30. The highest BCUT2D eigenvalue weighted by Crippen LogP contribution is 2.39. The molecule has 0 aliphatic carbocycles. The Labute approximate surface area is 145 Å². The van der Waals surface area contributed by atoms with Crippen molar-refractivity contribution in [2.75, 3.05) is 13.1 Å². The third-order valence-electron chi connectivity index (χ3n) is 4.23. The molecule has 0 atom stereocenters. The number of alkyl halides is 3. The monoisotopic (exact) mass is 365 g/mol. The highest BCUT2D eigenvalue weighted by Gasteiger charge is 2.38. The van der Waals surface area contributed by atoms with Gasteiger partial charge in [0.05, 0.1) is 10.6 Å². The molecule has 4 rings (SSSR count). The lowest BCUT2D eigenvalue weighted by atomic mass is 10.2. The van der Waals surface area contributed by atoms with Gasteiger partial charge in [0.15, 0.2) is 5.69 Å². The van der Waals surface area contributed by atoms with E-state index in [0.717, 1.165) is 24.2 Å². The Balaban J connectivity index is 1.87. The molecular weight excluding hydrogens is 351 g/mol. The predicted molar refractivity (Wildman–Crippen MR) is 89.1 cm³/mol. The number of hydrogen-bond acceptors (Lipinski definition) is 3. The van der Waals surface area contributed by atoms with Crippen molar-refractivity contribution >= 4 is 27.5 Å². The maximum Gasteiger partial charge on any atom is 0.435 e. The Kier molecular flexibility index (Phi) is 3.79. The first-order valence-electron chi connectivity index (χ1n) is 7.89. The molecule has 2 aromatic heterocycles. The van der Waals surface area contributed by atoms with Crippen molar-refractivity contribution in [3.63, 3.8) is 0 Å². The zero-order valence-electron chi connectivity index (χ0n) is 13.1. The first kappa shape index (κ1) is 16.1. The summed E-state index contributed by atoms with van der Waals surface area (Å²) in [5, 5.41) is 3.74. The molecule has 0 radical (unpaired) electrons. The summed E-state index contributed by atoms with van der Waals surface area (Å²) in [7, 11) is 0. The van der Waals surface area contributed by atoms with E-state index in [0.29, 0.717) is 28.5 Å². The molecule has 4 nitrogen and oxygen atoms in total. The number of fused-ring (bicyclic) bond motifs is 1. The molecule has 1 aliphatic rings. The molecule has 0 spiro atoms. The molecule has 0 bridgehead atoms. The van der Waals surface area contributed by atoms with E-state index in [9.17, 15) is 18.0 Å². The van der Waals surface area contributed by atoms with E-state index in [1.165, 1.54) is 10.7 Å². The molecule has 130 valence electrons. The van der Waals surface area contributed by atoms with Crippen molar-refractivity contribution in [1.82, 2.24) is 14.7 Å². The van der Waals surface area contributed by atoms with Gasteiger partial charge in [-0.25, -0.2) is 4.68 Å². The summed E-state index contributed by atoms with van der Waals surface area (Å²) in [4.78, 5) is 14.9. The van der Waals surface area contributed by atoms with Crippen molar-refractivity contribution in [2.24, 2.45) is 0 Å². The summed E-state index contributed by atoms with van der Waals surface area (Å²) in [6.45, 7) is 1.31. The molecule has 1 aliphatic heterocycles. The van der Waals surface area contributed by atoms with Crippen LogP contribution in [0.25, 0.3) is 15.9 Å². The second kappa shape index (κ2) is 5.87. The maximum atomic E-state index is 13.4. The minimum atomic E-state index is -4.58. The quantitative estimate of drug-likeness (QED) is 0.677. The highest BCUT2D eigenvalue weighted by atomic mass is 32.1. The molecule has 3 aromatic rings. The average molecular weight is 365 g/mol. The van der Waals surface area contributed by atoms with Crippen LogP contribution in [-0.2, 0) is 6.18 Å². The number of likely N-dealkylation sites (tertiary alicyclic amines) is 1. The zero-order chi connectivity index (χ0) is 17.6. The number of carbonyl (C=O) groups excluding carboxylic acids is 1. The number of halogens is 3. The first-order valence-corrected chi connectivity index (χ1v) is 8.71. The molecule has 0 N–H and O–H groups in total. The van der Waals surface area contributed by atoms with Gasteiger partial charge in [-0.1, -0.05) is 18.2 Å². The van der Waals surface area contributed by atoms with E-state index in [1.54, 1.807) is 35.2 Å². The van der Waals surface area contributed by atoms with Crippen LogP contribution >= 0.6 is 11.3 Å². The number of nitrogens with zero attached hydrogens (tertiary/aromatic N) is 3. The van der Waals surface area contributed by atoms with Gasteiger partial charge in [-0.2, -0.15) is 18.3 Å². The van der Waals surface area contributed by atoms with E-state index in [-0.39, 0.29) is 11.3 Å². The van der Waals surface area contributed by atoms with Crippen molar-refractivity contribution in [2.45, 2.75) is 19.0 Å². The van der Waals surface area contributed by atoms with Gasteiger partial charge in [0.1, 0.15) is 4.83 Å². The van der Waals surface area contributed by atoms with Gasteiger partial charge in [-0.05, 0) is 31.0 Å². The molecule has 1 fully saturated rings. The third-order valence-corrected chi connectivity index (χ3v) is 5.33. The van der Waals surface area contributed by atoms with Crippen molar-refractivity contribution < 1.29 is 18.0 Å². The molecular formula is C17H14F3N3OS. The Morgan fingerprint density at radius 2 is 1.80 bits per heavy atom. The van der Waals surface area contributed by atoms with E-state index in [1.807, 2.05) is 0 Å². The summed E-state index contributed by atoms with van der Waals surface area (Å²) in [5.41, 5.74) is -0.423. The number of para-hydroxylation sites is 1. The van der Waals surface area contributed by atoms with E-state index in [2.05, 4.69) is 5.10 Å². The van der Waals surface area contributed by atoms with Crippen LogP contribution in [0.4, 0.5) is 13.2 Å². The van der Waals surface area contributed by atoms with Crippen LogP contribution in [0, 0.1) is 0 Å². The molecule has 1 saturated heterocycles. The second-order valence-corrected chi connectivity index (χ2v) is 6.95. The van der Waals surface area contributed by atoms with Gasteiger partial charge in [-0.3, -0.25) is 4.79 Å². The van der Waals surface area contributed by atoms with Gasteiger partial charge < -0.3 is 4.90 Å². The van der Waals surface area contributed by atoms with Crippen molar-refractivity contribution in [1.29, 1.82) is 0 Å². The van der Waals surface area contributed by atoms with Gasteiger partial charge in [0.2, 0.25) is 0 Å². The Hall–Kier alpha value is -2.35. The number of rotatable bonds is 2.